The molecule has 0 amide bonds. The second-order valence-electron chi connectivity index (χ2n) is 7.21. The van der Waals surface area contributed by atoms with E-state index in [1.54, 1.807) is 38.5 Å². The summed E-state index contributed by atoms with van der Waals surface area (Å²) in [7, 11) is 3.15. The number of rotatable bonds is 5. The van der Waals surface area contributed by atoms with Crippen LogP contribution in [0.4, 0.5) is 4.39 Å². The average Bonchev–Trinajstić information content (AvgIpc) is 2.75. The van der Waals surface area contributed by atoms with Gasteiger partial charge in [-0.15, -0.1) is 0 Å². The van der Waals surface area contributed by atoms with Crippen LogP contribution >= 0.6 is 11.6 Å². The maximum absolute atomic E-state index is 13.6. The summed E-state index contributed by atoms with van der Waals surface area (Å²) in [5.74, 6) is 0.943. The first kappa shape index (κ1) is 20.9. The molecule has 158 valence electrons. The Morgan fingerprint density at radius 3 is 2.35 bits per heavy atom. The van der Waals surface area contributed by atoms with Crippen molar-refractivity contribution in [2.75, 3.05) is 14.2 Å². The van der Waals surface area contributed by atoms with E-state index in [-0.39, 0.29) is 17.9 Å². The van der Waals surface area contributed by atoms with E-state index in [0.717, 1.165) is 16.7 Å². The molecular weight excluding hydrogens is 419 g/mol. The first-order valence-electron chi connectivity index (χ1n) is 9.57. The zero-order valence-electron chi connectivity index (χ0n) is 17.3. The molecular formula is C24H20ClFN2O3. The van der Waals surface area contributed by atoms with Crippen molar-refractivity contribution in [1.82, 2.24) is 9.55 Å². The molecule has 31 heavy (non-hydrogen) atoms. The smallest absolute Gasteiger partial charge is 0.261 e. The number of fused-ring (bicyclic) bond motifs is 1. The molecule has 5 nitrogen and oxygen atoms in total. The van der Waals surface area contributed by atoms with Gasteiger partial charge in [0, 0.05) is 16.7 Å². The van der Waals surface area contributed by atoms with Gasteiger partial charge >= 0.3 is 0 Å². The van der Waals surface area contributed by atoms with Crippen LogP contribution in [0.2, 0.25) is 5.02 Å². The van der Waals surface area contributed by atoms with Crippen molar-refractivity contribution in [3.63, 3.8) is 0 Å². The number of ether oxygens (including phenoxy) is 2. The highest BCUT2D eigenvalue weighted by Gasteiger charge is 2.14. The van der Waals surface area contributed by atoms with Gasteiger partial charge in [-0.25, -0.2) is 9.37 Å². The summed E-state index contributed by atoms with van der Waals surface area (Å²) in [5.41, 5.74) is 3.32. The van der Waals surface area contributed by atoms with E-state index in [0.29, 0.717) is 33.0 Å². The lowest BCUT2D eigenvalue weighted by Gasteiger charge is -2.13. The maximum atomic E-state index is 13.6. The summed E-state index contributed by atoms with van der Waals surface area (Å²) in [5, 5.41) is 0.800. The molecule has 4 rings (SSSR count). The first-order valence-corrected chi connectivity index (χ1v) is 9.94. The Hall–Kier alpha value is -3.38. The molecule has 0 atom stereocenters. The molecule has 0 saturated carbocycles. The zero-order chi connectivity index (χ0) is 22.1. The lowest BCUT2D eigenvalue weighted by Crippen LogP contribution is -2.21. The van der Waals surface area contributed by atoms with Crippen molar-refractivity contribution in [1.29, 1.82) is 0 Å². The monoisotopic (exact) mass is 438 g/mol. The highest BCUT2D eigenvalue weighted by atomic mass is 35.5. The Morgan fingerprint density at radius 2 is 1.71 bits per heavy atom. The minimum Gasteiger partial charge on any atom is -0.497 e. The maximum Gasteiger partial charge on any atom is 0.261 e. The lowest BCUT2D eigenvalue weighted by molar-refractivity contribution is 0.393. The number of hydrogen-bond acceptors (Lipinski definition) is 4. The van der Waals surface area contributed by atoms with E-state index in [1.165, 1.54) is 23.0 Å². The van der Waals surface area contributed by atoms with E-state index in [1.807, 2.05) is 19.1 Å². The van der Waals surface area contributed by atoms with Gasteiger partial charge in [0.05, 0.1) is 38.0 Å². The number of aromatic nitrogens is 2. The number of methoxy groups -OCH3 is 2. The predicted molar refractivity (Wildman–Crippen MR) is 120 cm³/mol. The van der Waals surface area contributed by atoms with Gasteiger partial charge in [0.1, 0.15) is 17.3 Å². The van der Waals surface area contributed by atoms with E-state index in [4.69, 9.17) is 21.1 Å². The van der Waals surface area contributed by atoms with Gasteiger partial charge in [-0.2, -0.15) is 0 Å². The lowest BCUT2D eigenvalue weighted by atomic mass is 9.98. The summed E-state index contributed by atoms with van der Waals surface area (Å²) in [6, 6.07) is 13.3. The normalized spacial score (nSPS) is 11.0. The minimum absolute atomic E-state index is 0.227. The number of hydrogen-bond donors (Lipinski definition) is 0. The standard InChI is InChI=1S/C24H20ClFN2O3/c1-14-6-17(26)4-5-20(14)21-9-16(25)10-22-23(21)27-13-28(24(22)29)12-15-7-18(30-2)11-19(8-15)31-3/h4-11,13H,12H2,1-3H3. The molecule has 1 heterocycles. The Morgan fingerprint density at radius 1 is 1.00 bits per heavy atom. The van der Waals surface area contributed by atoms with Crippen molar-refractivity contribution < 1.29 is 13.9 Å². The summed E-state index contributed by atoms with van der Waals surface area (Å²) in [6.07, 6.45) is 1.51. The molecule has 0 bridgehead atoms. The molecule has 1 aromatic heterocycles. The Bertz CT molecular complexity index is 1330. The molecule has 0 saturated heterocycles. The molecule has 0 N–H and O–H groups in total. The average molecular weight is 439 g/mol. The Kier molecular flexibility index (Phi) is 5.65. The highest BCUT2D eigenvalue weighted by Crippen LogP contribution is 2.32. The van der Waals surface area contributed by atoms with Crippen LogP contribution in [0, 0.1) is 12.7 Å². The minimum atomic E-state index is -0.323. The van der Waals surface area contributed by atoms with Crippen molar-refractivity contribution in [3.8, 4) is 22.6 Å². The van der Waals surface area contributed by atoms with Crippen LogP contribution in [-0.2, 0) is 6.54 Å². The van der Waals surface area contributed by atoms with Crippen LogP contribution in [0.5, 0.6) is 11.5 Å². The molecule has 0 spiro atoms. The van der Waals surface area contributed by atoms with Crippen LogP contribution < -0.4 is 15.0 Å². The highest BCUT2D eigenvalue weighted by molar-refractivity contribution is 6.31. The second-order valence-corrected chi connectivity index (χ2v) is 7.64. The topological polar surface area (TPSA) is 53.4 Å². The van der Waals surface area contributed by atoms with Gasteiger partial charge in [0.2, 0.25) is 0 Å². The molecule has 4 aromatic rings. The Balaban J connectivity index is 1.84. The largest absolute Gasteiger partial charge is 0.497 e. The van der Waals surface area contributed by atoms with Crippen LogP contribution in [-0.4, -0.2) is 23.8 Å². The van der Waals surface area contributed by atoms with Crippen LogP contribution in [0.3, 0.4) is 0 Å². The third kappa shape index (κ3) is 4.11. The quantitative estimate of drug-likeness (QED) is 0.428. The molecule has 0 unspecified atom stereocenters. The van der Waals surface area contributed by atoms with Crippen LogP contribution in [0.15, 0.2) is 59.7 Å². The van der Waals surface area contributed by atoms with Gasteiger partial charge in [-0.1, -0.05) is 17.7 Å². The second kappa shape index (κ2) is 8.40. The fraction of sp³-hybridized carbons (Fsp3) is 0.167. The van der Waals surface area contributed by atoms with Crippen molar-refractivity contribution >= 4 is 22.5 Å². The number of benzene rings is 3. The SMILES string of the molecule is COc1cc(Cn2cnc3c(-c4ccc(F)cc4C)cc(Cl)cc3c2=O)cc(OC)c1. The fourth-order valence-electron chi connectivity index (χ4n) is 3.64. The van der Waals surface area contributed by atoms with Crippen LogP contribution in [0.1, 0.15) is 11.1 Å². The number of nitrogens with zero attached hydrogens (tertiary/aromatic N) is 2. The van der Waals surface area contributed by atoms with E-state index < -0.39 is 0 Å². The van der Waals surface area contributed by atoms with Crippen LogP contribution in [0.25, 0.3) is 22.0 Å². The van der Waals surface area contributed by atoms with Crippen molar-refractivity contribution in [2.24, 2.45) is 0 Å². The molecule has 0 aliphatic heterocycles. The number of aryl methyl sites for hydroxylation is 1. The molecule has 3 aromatic carbocycles. The summed E-state index contributed by atoms with van der Waals surface area (Å²) >= 11 is 6.34. The zero-order valence-corrected chi connectivity index (χ0v) is 18.0. The summed E-state index contributed by atoms with van der Waals surface area (Å²) in [4.78, 5) is 17.8. The molecule has 0 radical (unpaired) electrons. The molecule has 0 aliphatic carbocycles. The summed E-state index contributed by atoms with van der Waals surface area (Å²) in [6.45, 7) is 2.09. The molecule has 0 fully saturated rings. The van der Waals surface area contributed by atoms with Crippen molar-refractivity contribution in [3.05, 3.63) is 87.2 Å². The van der Waals surface area contributed by atoms with Gasteiger partial charge in [-0.05, 0) is 60.0 Å². The number of halogens is 2. The van der Waals surface area contributed by atoms with E-state index in [9.17, 15) is 9.18 Å². The van der Waals surface area contributed by atoms with Gasteiger partial charge in [-0.3, -0.25) is 9.36 Å². The fourth-order valence-corrected chi connectivity index (χ4v) is 3.86. The summed E-state index contributed by atoms with van der Waals surface area (Å²) < 4.78 is 25.7. The first-order chi connectivity index (χ1) is 14.9. The Labute approximate surface area is 183 Å². The third-order valence-electron chi connectivity index (χ3n) is 5.13. The predicted octanol–water partition coefficient (Wildman–Crippen LogP) is 5.23. The van der Waals surface area contributed by atoms with Gasteiger partial charge in [0.15, 0.2) is 0 Å². The van der Waals surface area contributed by atoms with Gasteiger partial charge < -0.3 is 9.47 Å². The molecule has 7 heteroatoms. The third-order valence-corrected chi connectivity index (χ3v) is 5.35. The molecule has 0 aliphatic rings. The van der Waals surface area contributed by atoms with E-state index in [2.05, 4.69) is 4.98 Å². The van der Waals surface area contributed by atoms with E-state index >= 15 is 0 Å². The van der Waals surface area contributed by atoms with Gasteiger partial charge in [0.25, 0.3) is 5.56 Å². The van der Waals surface area contributed by atoms with Crippen molar-refractivity contribution in [2.45, 2.75) is 13.5 Å².